The molecule has 0 radical (unpaired) electrons. The average Bonchev–Trinajstić information content (AvgIpc) is 2.87. The van der Waals surface area contributed by atoms with Gasteiger partial charge in [-0.05, 0) is 6.92 Å². The molecule has 2 aromatic rings. The van der Waals surface area contributed by atoms with Gasteiger partial charge in [-0.3, -0.25) is 0 Å². The van der Waals surface area contributed by atoms with Crippen LogP contribution in [-0.4, -0.2) is 47.1 Å². The second kappa shape index (κ2) is 4.81. The van der Waals surface area contributed by atoms with Gasteiger partial charge in [-0.2, -0.15) is 0 Å². The van der Waals surface area contributed by atoms with Crippen molar-refractivity contribution in [3.63, 3.8) is 0 Å². The van der Waals surface area contributed by atoms with Crippen molar-refractivity contribution in [2.24, 2.45) is 0 Å². The molecular weight excluding hydrogens is 228 g/mol. The van der Waals surface area contributed by atoms with E-state index in [-0.39, 0.29) is 0 Å². The lowest BCUT2D eigenvalue weighted by molar-refractivity contribution is 0.585. The zero-order valence-electron chi connectivity index (χ0n) is 10.6. The lowest BCUT2D eigenvalue weighted by Crippen LogP contribution is -2.44. The number of rotatable bonds is 3. The summed E-state index contributed by atoms with van der Waals surface area (Å²) in [5.74, 6) is 1.87. The van der Waals surface area contributed by atoms with Crippen LogP contribution in [0.2, 0.25) is 0 Å². The Kier molecular flexibility index (Phi) is 3.02. The van der Waals surface area contributed by atoms with Gasteiger partial charge in [0.15, 0.2) is 11.5 Å². The zero-order chi connectivity index (χ0) is 12.4. The molecule has 0 saturated carbocycles. The van der Waals surface area contributed by atoms with Crippen molar-refractivity contribution < 1.29 is 0 Å². The van der Waals surface area contributed by atoms with E-state index in [9.17, 15) is 0 Å². The maximum Gasteiger partial charge on any atom is 0.180 e. The highest BCUT2D eigenvalue weighted by Crippen LogP contribution is 2.20. The molecule has 0 unspecified atom stereocenters. The number of nitrogens with one attached hydrogen (secondary N) is 2. The summed E-state index contributed by atoms with van der Waals surface area (Å²) in [5, 5.41) is 6.62. The van der Waals surface area contributed by atoms with E-state index in [0.29, 0.717) is 0 Å². The minimum absolute atomic E-state index is 0.869. The predicted octanol–water partition coefficient (Wildman–Crippen LogP) is 0.571. The summed E-state index contributed by atoms with van der Waals surface area (Å²) in [6, 6.07) is 0. The number of anilines is 2. The smallest absolute Gasteiger partial charge is 0.180 e. The third-order valence-electron chi connectivity index (χ3n) is 3.13. The Labute approximate surface area is 106 Å². The molecule has 0 amide bonds. The summed E-state index contributed by atoms with van der Waals surface area (Å²) in [4.78, 5) is 11.4. The van der Waals surface area contributed by atoms with Gasteiger partial charge in [0.2, 0.25) is 0 Å². The quantitative estimate of drug-likeness (QED) is 0.829. The van der Waals surface area contributed by atoms with Gasteiger partial charge in [0.1, 0.15) is 5.82 Å². The minimum Gasteiger partial charge on any atom is -0.369 e. The molecule has 3 rings (SSSR count). The highest BCUT2D eigenvalue weighted by molar-refractivity contribution is 5.67. The zero-order valence-corrected chi connectivity index (χ0v) is 10.6. The summed E-state index contributed by atoms with van der Waals surface area (Å²) in [6.45, 7) is 6.90. The molecule has 0 aromatic carbocycles. The Morgan fingerprint density at radius 2 is 2.22 bits per heavy atom. The molecule has 18 heavy (non-hydrogen) atoms. The molecule has 1 saturated heterocycles. The van der Waals surface area contributed by atoms with E-state index in [1.807, 2.05) is 23.0 Å². The first-order valence-electron chi connectivity index (χ1n) is 6.41. The van der Waals surface area contributed by atoms with Crippen LogP contribution in [0.25, 0.3) is 5.65 Å². The molecular formula is C12H18N6. The molecule has 96 valence electrons. The Morgan fingerprint density at radius 1 is 1.39 bits per heavy atom. The molecule has 2 N–H and O–H groups in total. The average molecular weight is 246 g/mol. The van der Waals surface area contributed by atoms with E-state index in [2.05, 4.69) is 27.4 Å². The fourth-order valence-corrected chi connectivity index (χ4v) is 2.27. The first kappa shape index (κ1) is 11.3. The van der Waals surface area contributed by atoms with Crippen LogP contribution in [0, 0.1) is 0 Å². The van der Waals surface area contributed by atoms with Crippen molar-refractivity contribution in [1.29, 1.82) is 0 Å². The van der Waals surface area contributed by atoms with Crippen LogP contribution in [0.4, 0.5) is 11.6 Å². The van der Waals surface area contributed by atoms with Gasteiger partial charge in [-0.25, -0.2) is 9.97 Å². The summed E-state index contributed by atoms with van der Waals surface area (Å²) < 4.78 is 2.03. The molecule has 1 aliphatic heterocycles. The van der Waals surface area contributed by atoms with Crippen molar-refractivity contribution >= 4 is 17.3 Å². The molecule has 2 aromatic heterocycles. The van der Waals surface area contributed by atoms with Crippen LogP contribution < -0.4 is 15.5 Å². The van der Waals surface area contributed by atoms with Crippen molar-refractivity contribution in [3.05, 3.63) is 18.6 Å². The molecule has 0 atom stereocenters. The van der Waals surface area contributed by atoms with E-state index in [4.69, 9.17) is 4.98 Å². The van der Waals surface area contributed by atoms with Crippen LogP contribution in [-0.2, 0) is 0 Å². The number of nitrogens with zero attached hydrogens (tertiary/aromatic N) is 4. The van der Waals surface area contributed by atoms with E-state index >= 15 is 0 Å². The predicted molar refractivity (Wildman–Crippen MR) is 72.2 cm³/mol. The fourth-order valence-electron chi connectivity index (χ4n) is 2.27. The molecule has 1 aliphatic rings. The van der Waals surface area contributed by atoms with Crippen molar-refractivity contribution in [2.75, 3.05) is 42.9 Å². The molecule has 0 aliphatic carbocycles. The van der Waals surface area contributed by atoms with Gasteiger partial charge in [0.25, 0.3) is 0 Å². The summed E-state index contributed by atoms with van der Waals surface area (Å²) in [5.41, 5.74) is 0.929. The van der Waals surface area contributed by atoms with E-state index in [1.165, 1.54) is 0 Å². The number of imidazole rings is 1. The van der Waals surface area contributed by atoms with Crippen molar-refractivity contribution in [3.8, 4) is 0 Å². The third-order valence-corrected chi connectivity index (χ3v) is 3.13. The summed E-state index contributed by atoms with van der Waals surface area (Å²) in [6.07, 6.45) is 5.76. The molecule has 0 bridgehead atoms. The lowest BCUT2D eigenvalue weighted by atomic mass is 10.3. The molecule has 1 fully saturated rings. The van der Waals surface area contributed by atoms with Gasteiger partial charge < -0.3 is 19.9 Å². The maximum atomic E-state index is 4.69. The Bertz CT molecular complexity index is 528. The second-order valence-corrected chi connectivity index (χ2v) is 4.38. The van der Waals surface area contributed by atoms with Gasteiger partial charge >= 0.3 is 0 Å². The summed E-state index contributed by atoms with van der Waals surface area (Å²) in [7, 11) is 0. The van der Waals surface area contributed by atoms with Crippen molar-refractivity contribution in [2.45, 2.75) is 6.92 Å². The second-order valence-electron chi connectivity index (χ2n) is 4.38. The Morgan fingerprint density at radius 3 is 3.00 bits per heavy atom. The topological polar surface area (TPSA) is 57.5 Å². The Balaban J connectivity index is 2.03. The van der Waals surface area contributed by atoms with Crippen LogP contribution in [0.1, 0.15) is 6.92 Å². The molecule has 6 heteroatoms. The van der Waals surface area contributed by atoms with Crippen LogP contribution in [0.3, 0.4) is 0 Å². The number of fused-ring (bicyclic) bond motifs is 1. The number of piperazine rings is 1. The monoisotopic (exact) mass is 246 g/mol. The summed E-state index contributed by atoms with van der Waals surface area (Å²) >= 11 is 0. The minimum atomic E-state index is 0.869. The normalized spacial score (nSPS) is 16.2. The van der Waals surface area contributed by atoms with Crippen LogP contribution in [0.15, 0.2) is 18.6 Å². The molecule has 0 spiro atoms. The first-order chi connectivity index (χ1) is 8.88. The largest absolute Gasteiger partial charge is 0.369 e. The highest BCUT2D eigenvalue weighted by atomic mass is 15.3. The van der Waals surface area contributed by atoms with Crippen LogP contribution >= 0.6 is 0 Å². The highest BCUT2D eigenvalue weighted by Gasteiger charge is 2.16. The van der Waals surface area contributed by atoms with E-state index < -0.39 is 0 Å². The number of aromatic nitrogens is 3. The standard InChI is InChI=1S/C12H18N6/c1-2-14-10-9-18-8-5-15-11(18)12(16-10)17-6-3-13-4-7-17/h5,8-9,13-14H,2-4,6-7H2,1H3. The van der Waals surface area contributed by atoms with Gasteiger partial charge in [0, 0.05) is 45.1 Å². The SMILES string of the molecule is CCNc1cn2ccnc2c(N2CCNCC2)n1. The number of hydrogen-bond donors (Lipinski definition) is 2. The van der Waals surface area contributed by atoms with Crippen LogP contribution in [0.5, 0.6) is 0 Å². The maximum absolute atomic E-state index is 4.69. The molecule has 3 heterocycles. The van der Waals surface area contributed by atoms with E-state index in [0.717, 1.165) is 50.0 Å². The Hall–Kier alpha value is -1.82. The van der Waals surface area contributed by atoms with Gasteiger partial charge in [-0.1, -0.05) is 0 Å². The number of hydrogen-bond acceptors (Lipinski definition) is 5. The molecule has 6 nitrogen and oxygen atoms in total. The van der Waals surface area contributed by atoms with Gasteiger partial charge in [-0.15, -0.1) is 0 Å². The fraction of sp³-hybridized carbons (Fsp3) is 0.500. The third kappa shape index (κ3) is 1.99. The van der Waals surface area contributed by atoms with Crippen molar-refractivity contribution in [1.82, 2.24) is 19.7 Å². The van der Waals surface area contributed by atoms with E-state index in [1.54, 1.807) is 0 Å². The lowest BCUT2D eigenvalue weighted by Gasteiger charge is -2.28. The first-order valence-corrected chi connectivity index (χ1v) is 6.41. The van der Waals surface area contributed by atoms with Gasteiger partial charge in [0.05, 0.1) is 6.20 Å².